The molecule has 116 valence electrons. The van der Waals surface area contributed by atoms with Crippen molar-refractivity contribution in [3.05, 3.63) is 63.7 Å². The molecule has 2 aromatic rings. The van der Waals surface area contributed by atoms with Gasteiger partial charge < -0.3 is 0 Å². The lowest BCUT2D eigenvalue weighted by atomic mass is 10.0. The first-order valence-corrected chi connectivity index (χ1v) is 8.54. The molecule has 0 amide bonds. The standard InChI is InChI=1S/C17H20N2O2S/c1-12-10-13(2)16(14(3)11-12)8-9-22(20,21)19-17-7-5-6-15(4)18-17/h5-11H,1-4H3,(H,18,19)/b9-8+. The molecule has 0 atom stereocenters. The fraction of sp³-hybridized carbons (Fsp3) is 0.235. The molecule has 0 aliphatic rings. The van der Waals surface area contributed by atoms with Crippen LogP contribution < -0.4 is 4.72 Å². The number of anilines is 1. The molecular weight excluding hydrogens is 296 g/mol. The molecule has 0 saturated carbocycles. The number of nitrogens with one attached hydrogen (secondary N) is 1. The number of hydrogen-bond acceptors (Lipinski definition) is 3. The van der Waals surface area contributed by atoms with Crippen molar-refractivity contribution in [2.45, 2.75) is 27.7 Å². The normalized spacial score (nSPS) is 11.8. The minimum Gasteiger partial charge on any atom is -0.264 e. The predicted octanol–water partition coefficient (Wildman–Crippen LogP) is 3.73. The van der Waals surface area contributed by atoms with Crippen LogP contribution in [0.2, 0.25) is 0 Å². The molecule has 0 aliphatic heterocycles. The van der Waals surface area contributed by atoms with Gasteiger partial charge in [-0.05, 0) is 62.6 Å². The van der Waals surface area contributed by atoms with Crippen molar-refractivity contribution < 1.29 is 8.42 Å². The lowest BCUT2D eigenvalue weighted by Gasteiger charge is -2.08. The van der Waals surface area contributed by atoms with E-state index in [9.17, 15) is 8.42 Å². The summed E-state index contributed by atoms with van der Waals surface area (Å²) in [5, 5.41) is 1.18. The molecule has 0 bridgehead atoms. The summed E-state index contributed by atoms with van der Waals surface area (Å²) in [5.74, 6) is 0.321. The first-order valence-electron chi connectivity index (χ1n) is 6.99. The van der Waals surface area contributed by atoms with Crippen LogP contribution in [-0.4, -0.2) is 13.4 Å². The van der Waals surface area contributed by atoms with Crippen LogP contribution in [0.25, 0.3) is 6.08 Å². The van der Waals surface area contributed by atoms with Crippen LogP contribution in [0.1, 0.15) is 27.9 Å². The van der Waals surface area contributed by atoms with E-state index < -0.39 is 10.0 Å². The molecule has 5 heteroatoms. The Hall–Kier alpha value is -2.14. The Morgan fingerprint density at radius 1 is 1.05 bits per heavy atom. The highest BCUT2D eigenvalue weighted by Crippen LogP contribution is 2.18. The van der Waals surface area contributed by atoms with Gasteiger partial charge in [0, 0.05) is 5.69 Å². The summed E-state index contributed by atoms with van der Waals surface area (Å²) < 4.78 is 26.7. The van der Waals surface area contributed by atoms with E-state index in [1.54, 1.807) is 18.2 Å². The van der Waals surface area contributed by atoms with Gasteiger partial charge in [0.2, 0.25) is 0 Å². The molecule has 2 rings (SSSR count). The van der Waals surface area contributed by atoms with Gasteiger partial charge in [-0.25, -0.2) is 13.4 Å². The molecule has 0 radical (unpaired) electrons. The highest BCUT2D eigenvalue weighted by molar-refractivity contribution is 7.95. The molecular formula is C17H20N2O2S. The number of hydrogen-bond donors (Lipinski definition) is 1. The molecule has 0 aliphatic carbocycles. The molecule has 0 spiro atoms. The molecule has 1 aromatic carbocycles. The quantitative estimate of drug-likeness (QED) is 0.935. The summed E-state index contributed by atoms with van der Waals surface area (Å²) in [6.45, 7) is 7.78. The highest BCUT2D eigenvalue weighted by atomic mass is 32.2. The van der Waals surface area contributed by atoms with Gasteiger partial charge in [-0.1, -0.05) is 23.8 Å². The zero-order valence-electron chi connectivity index (χ0n) is 13.2. The third-order valence-electron chi connectivity index (χ3n) is 3.29. The van der Waals surface area contributed by atoms with Crippen molar-refractivity contribution in [2.24, 2.45) is 0 Å². The minimum atomic E-state index is -3.59. The number of aryl methyl sites for hydroxylation is 4. The van der Waals surface area contributed by atoms with Gasteiger partial charge in [-0.2, -0.15) is 0 Å². The van der Waals surface area contributed by atoms with E-state index in [4.69, 9.17) is 0 Å². The molecule has 1 heterocycles. The molecule has 0 saturated heterocycles. The monoisotopic (exact) mass is 316 g/mol. The lowest BCUT2D eigenvalue weighted by molar-refractivity contribution is 0.609. The zero-order valence-corrected chi connectivity index (χ0v) is 14.0. The Kier molecular flexibility index (Phi) is 4.66. The number of aromatic nitrogens is 1. The summed E-state index contributed by atoms with van der Waals surface area (Å²) in [7, 11) is -3.59. The average Bonchev–Trinajstić information content (AvgIpc) is 2.36. The van der Waals surface area contributed by atoms with E-state index in [1.165, 1.54) is 5.41 Å². The van der Waals surface area contributed by atoms with Gasteiger partial charge in [0.15, 0.2) is 0 Å². The van der Waals surface area contributed by atoms with Crippen LogP contribution in [-0.2, 0) is 10.0 Å². The number of rotatable bonds is 4. The number of benzene rings is 1. The second kappa shape index (κ2) is 6.32. The smallest absolute Gasteiger partial charge is 0.256 e. The van der Waals surface area contributed by atoms with E-state index in [-0.39, 0.29) is 0 Å². The summed E-state index contributed by atoms with van der Waals surface area (Å²) >= 11 is 0. The minimum absolute atomic E-state index is 0.321. The molecule has 22 heavy (non-hydrogen) atoms. The fourth-order valence-corrected chi connectivity index (χ4v) is 3.18. The Bertz CT molecular complexity index is 801. The average molecular weight is 316 g/mol. The number of pyridine rings is 1. The van der Waals surface area contributed by atoms with E-state index in [2.05, 4.69) is 9.71 Å². The zero-order chi connectivity index (χ0) is 16.3. The maximum absolute atomic E-state index is 12.1. The van der Waals surface area contributed by atoms with E-state index in [0.717, 1.165) is 27.9 Å². The van der Waals surface area contributed by atoms with Crippen molar-refractivity contribution >= 4 is 21.9 Å². The van der Waals surface area contributed by atoms with Gasteiger partial charge in [0.1, 0.15) is 5.82 Å². The largest absolute Gasteiger partial charge is 0.264 e. The van der Waals surface area contributed by atoms with Gasteiger partial charge >= 0.3 is 0 Å². The van der Waals surface area contributed by atoms with Crippen molar-refractivity contribution in [1.29, 1.82) is 0 Å². The molecule has 1 aromatic heterocycles. The summed E-state index contributed by atoms with van der Waals surface area (Å²) in [5.41, 5.74) is 4.95. The second-order valence-corrected chi connectivity index (χ2v) is 6.99. The molecule has 0 fully saturated rings. The van der Waals surface area contributed by atoms with Crippen LogP contribution in [0.15, 0.2) is 35.7 Å². The maximum atomic E-state index is 12.1. The van der Waals surface area contributed by atoms with Crippen molar-refractivity contribution in [3.8, 4) is 0 Å². The van der Waals surface area contributed by atoms with Crippen LogP contribution in [0.5, 0.6) is 0 Å². The highest BCUT2D eigenvalue weighted by Gasteiger charge is 2.08. The predicted molar refractivity (Wildman–Crippen MR) is 91.2 cm³/mol. The van der Waals surface area contributed by atoms with E-state index in [1.807, 2.05) is 45.9 Å². The first-order chi connectivity index (χ1) is 10.3. The van der Waals surface area contributed by atoms with Crippen molar-refractivity contribution in [1.82, 2.24) is 4.98 Å². The third-order valence-corrected chi connectivity index (χ3v) is 4.28. The van der Waals surface area contributed by atoms with E-state index >= 15 is 0 Å². The molecule has 0 unspecified atom stereocenters. The summed E-state index contributed by atoms with van der Waals surface area (Å²) in [6, 6.07) is 9.27. The summed E-state index contributed by atoms with van der Waals surface area (Å²) in [6.07, 6.45) is 1.63. The lowest BCUT2D eigenvalue weighted by Crippen LogP contribution is -2.10. The van der Waals surface area contributed by atoms with E-state index in [0.29, 0.717) is 5.82 Å². The fourth-order valence-electron chi connectivity index (χ4n) is 2.39. The van der Waals surface area contributed by atoms with Crippen molar-refractivity contribution in [2.75, 3.05) is 4.72 Å². The molecule has 1 N–H and O–H groups in total. The van der Waals surface area contributed by atoms with Gasteiger partial charge in [0.05, 0.1) is 5.41 Å². The van der Waals surface area contributed by atoms with Crippen LogP contribution in [0, 0.1) is 27.7 Å². The van der Waals surface area contributed by atoms with Crippen LogP contribution in [0.3, 0.4) is 0 Å². The Balaban J connectivity index is 2.25. The van der Waals surface area contributed by atoms with Crippen LogP contribution >= 0.6 is 0 Å². The van der Waals surface area contributed by atoms with Crippen LogP contribution in [0.4, 0.5) is 5.82 Å². The second-order valence-electron chi connectivity index (χ2n) is 5.43. The third kappa shape index (κ3) is 4.18. The Labute approximate surface area is 132 Å². The first kappa shape index (κ1) is 16.2. The Morgan fingerprint density at radius 3 is 2.27 bits per heavy atom. The van der Waals surface area contributed by atoms with Gasteiger partial charge in [0.25, 0.3) is 10.0 Å². The molecule has 4 nitrogen and oxygen atoms in total. The van der Waals surface area contributed by atoms with Gasteiger partial charge in [-0.3, -0.25) is 4.72 Å². The maximum Gasteiger partial charge on any atom is 0.256 e. The number of sulfonamides is 1. The SMILES string of the molecule is Cc1cc(C)c(/C=C/S(=O)(=O)Nc2cccc(C)n2)c(C)c1. The van der Waals surface area contributed by atoms with Gasteiger partial charge in [-0.15, -0.1) is 0 Å². The Morgan fingerprint density at radius 2 is 1.68 bits per heavy atom. The van der Waals surface area contributed by atoms with Crippen molar-refractivity contribution in [3.63, 3.8) is 0 Å². The topological polar surface area (TPSA) is 59.1 Å². The summed E-state index contributed by atoms with van der Waals surface area (Å²) in [4.78, 5) is 4.14. The number of nitrogens with zero attached hydrogens (tertiary/aromatic N) is 1.